The summed E-state index contributed by atoms with van der Waals surface area (Å²) in [7, 11) is -0.00291. The number of fused-ring (bicyclic) bond motifs is 1. The Balaban J connectivity index is 1.82. The maximum Gasteiger partial charge on any atom is 0.281 e. The van der Waals surface area contributed by atoms with Crippen molar-refractivity contribution in [2.45, 2.75) is 6.04 Å². The molecule has 1 heterocycles. The van der Waals surface area contributed by atoms with Crippen LogP contribution < -0.4 is 9.37 Å². The van der Waals surface area contributed by atoms with Gasteiger partial charge in [-0.25, -0.2) is 4.98 Å². The monoisotopic (exact) mass is 300 g/mol. The Labute approximate surface area is 123 Å². The molecule has 1 N–H and O–H groups in total. The Kier molecular flexibility index (Phi) is 3.82. The maximum atomic E-state index is 10.4. The second-order valence-corrected chi connectivity index (χ2v) is 7.58. The van der Waals surface area contributed by atoms with Crippen LogP contribution in [0.25, 0.3) is 10.2 Å². The molecule has 0 saturated carbocycles. The lowest BCUT2D eigenvalue weighted by molar-refractivity contribution is 0.414. The number of thiazole rings is 1. The van der Waals surface area contributed by atoms with Gasteiger partial charge >= 0.3 is 0 Å². The van der Waals surface area contributed by atoms with Crippen LogP contribution in [0.3, 0.4) is 0 Å². The molecule has 0 amide bonds. The molecule has 0 saturated heterocycles. The lowest BCUT2D eigenvalue weighted by Gasteiger charge is -2.06. The van der Waals surface area contributed by atoms with Crippen LogP contribution in [0, 0.1) is 0 Å². The van der Waals surface area contributed by atoms with Crippen molar-refractivity contribution in [3.8, 4) is 5.75 Å². The molecule has 0 aliphatic rings. The molecule has 1 aromatic heterocycles. The van der Waals surface area contributed by atoms with Crippen molar-refractivity contribution in [1.82, 2.24) is 4.98 Å². The molecular weight excluding hydrogens is 286 g/mol. The predicted octanol–water partition coefficient (Wildman–Crippen LogP) is 2.28. The molecule has 0 spiro atoms. The molecule has 20 heavy (non-hydrogen) atoms. The molecule has 0 bridgehead atoms. The predicted molar refractivity (Wildman–Crippen MR) is 83.9 cm³/mol. The number of hydrogen-bond acceptors (Lipinski definition) is 4. The maximum absolute atomic E-state index is 10.4. The molecule has 0 aliphatic heterocycles. The van der Waals surface area contributed by atoms with Gasteiger partial charge in [-0.05, 0) is 35.9 Å². The van der Waals surface area contributed by atoms with Gasteiger partial charge in [0, 0.05) is 0 Å². The zero-order chi connectivity index (χ0) is 13.9. The normalized spacial score (nSPS) is 11.2. The van der Waals surface area contributed by atoms with E-state index in [1.807, 2.05) is 48.5 Å². The van der Waals surface area contributed by atoms with Gasteiger partial charge in [0.05, 0.1) is 17.3 Å². The summed E-state index contributed by atoms with van der Waals surface area (Å²) in [5, 5.41) is 0. The SMILES string of the molecule is COc1cccc(C[Si](O)c2nc3ccccc3s2)c1. The number of benzene rings is 2. The first-order valence-corrected chi connectivity index (χ1v) is 8.77. The summed E-state index contributed by atoms with van der Waals surface area (Å²) >= 11 is 1.59. The van der Waals surface area contributed by atoms with E-state index < -0.39 is 9.04 Å². The van der Waals surface area contributed by atoms with Crippen molar-refractivity contribution in [3.63, 3.8) is 0 Å². The van der Waals surface area contributed by atoms with Gasteiger partial charge in [0.15, 0.2) is 0 Å². The van der Waals surface area contributed by atoms with E-state index in [0.717, 1.165) is 26.2 Å². The highest BCUT2D eigenvalue weighted by molar-refractivity contribution is 7.27. The van der Waals surface area contributed by atoms with E-state index in [4.69, 9.17) is 4.74 Å². The van der Waals surface area contributed by atoms with Gasteiger partial charge in [0.1, 0.15) is 10.4 Å². The highest BCUT2D eigenvalue weighted by atomic mass is 32.1. The summed E-state index contributed by atoms with van der Waals surface area (Å²) < 4.78 is 7.20. The summed E-state index contributed by atoms with van der Waals surface area (Å²) in [5.74, 6) is 0.821. The van der Waals surface area contributed by atoms with E-state index in [1.165, 1.54) is 0 Å². The standard InChI is InChI=1S/C15H14NO2SSi/c1-18-12-6-4-5-11(9-12)10-20(17)15-16-13-7-2-3-8-14(13)19-15/h2-9,17H,10H2,1H3. The Morgan fingerprint density at radius 1 is 1.20 bits per heavy atom. The smallest absolute Gasteiger partial charge is 0.281 e. The molecule has 0 aliphatic carbocycles. The summed E-state index contributed by atoms with van der Waals surface area (Å²) in [6.07, 6.45) is 0. The van der Waals surface area contributed by atoms with E-state index in [1.54, 1.807) is 18.4 Å². The van der Waals surface area contributed by atoms with E-state index in [-0.39, 0.29) is 0 Å². The second kappa shape index (κ2) is 5.74. The van der Waals surface area contributed by atoms with Crippen molar-refractivity contribution in [1.29, 1.82) is 0 Å². The lowest BCUT2D eigenvalue weighted by Crippen LogP contribution is -2.32. The number of hydrogen-bond donors (Lipinski definition) is 1. The Morgan fingerprint density at radius 2 is 2.05 bits per heavy atom. The first-order chi connectivity index (χ1) is 9.76. The largest absolute Gasteiger partial charge is 0.497 e. The van der Waals surface area contributed by atoms with Crippen molar-refractivity contribution in [2.24, 2.45) is 0 Å². The van der Waals surface area contributed by atoms with E-state index in [9.17, 15) is 4.80 Å². The summed E-state index contributed by atoms with van der Waals surface area (Å²) in [6, 6.07) is 16.5. The Hall–Kier alpha value is -1.69. The number of nitrogens with zero attached hydrogens (tertiary/aromatic N) is 1. The van der Waals surface area contributed by atoms with Gasteiger partial charge in [-0.1, -0.05) is 24.3 Å². The molecule has 1 radical (unpaired) electrons. The highest BCUT2D eigenvalue weighted by Gasteiger charge is 2.18. The van der Waals surface area contributed by atoms with Crippen molar-refractivity contribution < 1.29 is 9.53 Å². The third-order valence-corrected chi connectivity index (χ3v) is 6.26. The third-order valence-electron chi connectivity index (χ3n) is 3.05. The fraction of sp³-hybridized carbons (Fsp3) is 0.133. The van der Waals surface area contributed by atoms with Crippen molar-refractivity contribution in [2.75, 3.05) is 7.11 Å². The third kappa shape index (κ3) is 2.75. The molecule has 0 unspecified atom stereocenters. The van der Waals surface area contributed by atoms with Crippen LogP contribution in [0.4, 0.5) is 0 Å². The fourth-order valence-corrected chi connectivity index (χ4v) is 4.79. The zero-order valence-electron chi connectivity index (χ0n) is 11.0. The second-order valence-electron chi connectivity index (χ2n) is 4.46. The molecule has 2 aromatic carbocycles. The number of rotatable bonds is 4. The first kappa shape index (κ1) is 13.3. The molecule has 3 rings (SSSR count). The van der Waals surface area contributed by atoms with E-state index in [0.29, 0.717) is 6.04 Å². The van der Waals surface area contributed by atoms with Gasteiger partial charge in [0.25, 0.3) is 9.04 Å². The topological polar surface area (TPSA) is 42.4 Å². The first-order valence-electron chi connectivity index (χ1n) is 6.30. The van der Waals surface area contributed by atoms with Gasteiger partial charge in [-0.2, -0.15) is 0 Å². The van der Waals surface area contributed by atoms with Gasteiger partial charge in [-0.3, -0.25) is 0 Å². The zero-order valence-corrected chi connectivity index (χ0v) is 12.9. The van der Waals surface area contributed by atoms with Crippen LogP contribution in [0.2, 0.25) is 0 Å². The number of para-hydroxylation sites is 1. The fourth-order valence-electron chi connectivity index (χ4n) is 2.05. The minimum absolute atomic E-state index is 0.641. The molecule has 101 valence electrons. The van der Waals surface area contributed by atoms with Gasteiger partial charge in [-0.15, -0.1) is 11.3 Å². The van der Waals surface area contributed by atoms with E-state index in [2.05, 4.69) is 4.98 Å². The van der Waals surface area contributed by atoms with Crippen LogP contribution in [-0.4, -0.2) is 25.9 Å². The Morgan fingerprint density at radius 3 is 2.85 bits per heavy atom. The number of methoxy groups -OCH3 is 1. The average Bonchev–Trinajstić information content (AvgIpc) is 2.91. The molecule has 3 aromatic rings. The van der Waals surface area contributed by atoms with Crippen molar-refractivity contribution in [3.05, 3.63) is 54.1 Å². The molecule has 0 atom stereocenters. The Bertz CT molecular complexity index is 695. The van der Waals surface area contributed by atoms with Crippen LogP contribution in [0.5, 0.6) is 5.75 Å². The molecule has 0 fully saturated rings. The highest BCUT2D eigenvalue weighted by Crippen LogP contribution is 2.17. The van der Waals surface area contributed by atoms with Crippen LogP contribution >= 0.6 is 11.3 Å². The van der Waals surface area contributed by atoms with E-state index >= 15 is 0 Å². The van der Waals surface area contributed by atoms with Crippen LogP contribution in [0.1, 0.15) is 5.56 Å². The number of ether oxygens (including phenoxy) is 1. The van der Waals surface area contributed by atoms with Crippen LogP contribution in [0.15, 0.2) is 48.5 Å². The lowest BCUT2D eigenvalue weighted by atomic mass is 10.2. The molecule has 5 heteroatoms. The number of aromatic nitrogens is 1. The minimum Gasteiger partial charge on any atom is -0.497 e. The summed E-state index contributed by atoms with van der Waals surface area (Å²) in [4.78, 5) is 15.0. The van der Waals surface area contributed by atoms with Gasteiger partial charge in [0.2, 0.25) is 0 Å². The molecular formula is C15H14NO2SSi. The minimum atomic E-state index is -1.65. The van der Waals surface area contributed by atoms with Crippen LogP contribution in [-0.2, 0) is 6.04 Å². The summed E-state index contributed by atoms with van der Waals surface area (Å²) in [5.41, 5.74) is 2.05. The van der Waals surface area contributed by atoms with Gasteiger partial charge < -0.3 is 9.53 Å². The van der Waals surface area contributed by atoms with Crippen molar-refractivity contribution >= 4 is 35.2 Å². The average molecular weight is 300 g/mol. The molecule has 3 nitrogen and oxygen atoms in total. The summed E-state index contributed by atoms with van der Waals surface area (Å²) in [6.45, 7) is 0. The quantitative estimate of drug-likeness (QED) is 0.752.